The lowest BCUT2D eigenvalue weighted by atomic mass is 10.4. The van der Waals surface area contributed by atoms with Crippen molar-refractivity contribution in [3.8, 4) is 9.88 Å². The normalized spacial score (nSPS) is 12.1. The van der Waals surface area contributed by atoms with Gasteiger partial charge >= 0.3 is 6.18 Å². The van der Waals surface area contributed by atoms with E-state index in [4.69, 9.17) is 0 Å². The summed E-state index contributed by atoms with van der Waals surface area (Å²) in [4.78, 5) is 4.08. The molecule has 0 aliphatic rings. The Labute approximate surface area is 106 Å². The fourth-order valence-electron chi connectivity index (χ4n) is 1.19. The van der Waals surface area contributed by atoms with Crippen LogP contribution in [-0.2, 0) is 6.18 Å². The minimum absolute atomic E-state index is 0.0389. The van der Waals surface area contributed by atoms with Gasteiger partial charge in [-0.2, -0.15) is 13.2 Å². The summed E-state index contributed by atoms with van der Waals surface area (Å²) in [6, 6.07) is 3.55. The van der Waals surface area contributed by atoms with Crippen LogP contribution in [0.3, 0.4) is 0 Å². The second kappa shape index (κ2) is 4.12. The number of rotatable bonds is 1. The molecule has 0 aliphatic heterocycles. The zero-order valence-electron chi connectivity index (χ0n) is 7.93. The fraction of sp³-hybridized carbons (Fsp3) is 0.222. The molecule has 0 unspecified atom stereocenters. The van der Waals surface area contributed by atoms with E-state index in [9.17, 15) is 13.2 Å². The molecule has 16 heavy (non-hydrogen) atoms. The third-order valence-electron chi connectivity index (χ3n) is 1.84. The molecule has 0 saturated heterocycles. The van der Waals surface area contributed by atoms with Crippen molar-refractivity contribution >= 4 is 38.6 Å². The molecule has 0 atom stereocenters. The maximum atomic E-state index is 12.5. The Kier molecular flexibility index (Phi) is 3.11. The van der Waals surface area contributed by atoms with E-state index in [0.29, 0.717) is 16.3 Å². The van der Waals surface area contributed by atoms with Gasteiger partial charge in [-0.1, -0.05) is 0 Å². The number of nitrogens with zero attached hydrogens (tertiary/aromatic N) is 1. The first kappa shape index (κ1) is 12.1. The van der Waals surface area contributed by atoms with Crippen molar-refractivity contribution in [1.29, 1.82) is 0 Å². The van der Waals surface area contributed by atoms with Crippen molar-refractivity contribution in [2.24, 2.45) is 0 Å². The highest BCUT2D eigenvalue weighted by atomic mass is 79.9. The number of thiophene rings is 1. The standard InChI is InChI=1S/C9H5BrF3NS2/c1-4-7(9(11,12)13)16-8(14-4)5-2-3-6(10)15-5/h2-3H,1H3. The van der Waals surface area contributed by atoms with E-state index in [1.54, 1.807) is 12.1 Å². The highest BCUT2D eigenvalue weighted by Gasteiger charge is 2.35. The van der Waals surface area contributed by atoms with Gasteiger partial charge in [-0.15, -0.1) is 22.7 Å². The molecule has 2 rings (SSSR count). The van der Waals surface area contributed by atoms with Gasteiger partial charge in [-0.05, 0) is 35.0 Å². The van der Waals surface area contributed by atoms with Gasteiger partial charge < -0.3 is 0 Å². The molecule has 0 fully saturated rings. The minimum atomic E-state index is -4.31. The highest BCUT2D eigenvalue weighted by Crippen LogP contribution is 2.41. The number of halogens is 4. The van der Waals surface area contributed by atoms with Gasteiger partial charge in [0.15, 0.2) is 0 Å². The quantitative estimate of drug-likeness (QED) is 0.721. The van der Waals surface area contributed by atoms with Crippen LogP contribution < -0.4 is 0 Å². The molecule has 7 heteroatoms. The molecule has 0 radical (unpaired) electrons. The van der Waals surface area contributed by atoms with Crippen LogP contribution in [0.1, 0.15) is 10.6 Å². The molecule has 0 spiro atoms. The van der Waals surface area contributed by atoms with E-state index in [1.165, 1.54) is 18.3 Å². The zero-order valence-corrected chi connectivity index (χ0v) is 11.1. The van der Waals surface area contributed by atoms with Crippen LogP contribution in [0.4, 0.5) is 13.2 Å². The van der Waals surface area contributed by atoms with Gasteiger partial charge in [0.2, 0.25) is 0 Å². The Balaban J connectivity index is 2.46. The Morgan fingerprint density at radius 3 is 2.38 bits per heavy atom. The molecule has 2 aromatic heterocycles. The van der Waals surface area contributed by atoms with Crippen molar-refractivity contribution in [2.45, 2.75) is 13.1 Å². The van der Waals surface area contributed by atoms with Crippen LogP contribution in [0.5, 0.6) is 0 Å². The molecule has 0 N–H and O–H groups in total. The maximum absolute atomic E-state index is 12.5. The SMILES string of the molecule is Cc1nc(-c2ccc(Br)s2)sc1C(F)(F)F. The Morgan fingerprint density at radius 2 is 1.94 bits per heavy atom. The van der Waals surface area contributed by atoms with E-state index in [0.717, 1.165) is 8.66 Å². The largest absolute Gasteiger partial charge is 0.427 e. The molecule has 2 aromatic rings. The van der Waals surface area contributed by atoms with Crippen LogP contribution in [0, 0.1) is 6.92 Å². The van der Waals surface area contributed by atoms with Crippen molar-refractivity contribution < 1.29 is 13.2 Å². The molecule has 2 heterocycles. The van der Waals surface area contributed by atoms with E-state index in [2.05, 4.69) is 20.9 Å². The molecular weight excluding hydrogens is 323 g/mol. The van der Waals surface area contributed by atoms with Gasteiger partial charge in [-0.3, -0.25) is 0 Å². The lowest BCUT2D eigenvalue weighted by molar-refractivity contribution is -0.134. The molecule has 0 aromatic carbocycles. The summed E-state index contributed by atoms with van der Waals surface area (Å²) in [5.41, 5.74) is 0.0389. The van der Waals surface area contributed by atoms with Gasteiger partial charge in [0, 0.05) is 0 Å². The van der Waals surface area contributed by atoms with E-state index in [1.807, 2.05) is 0 Å². The molecule has 1 nitrogen and oxygen atoms in total. The van der Waals surface area contributed by atoms with Gasteiger partial charge in [-0.25, -0.2) is 4.98 Å². The van der Waals surface area contributed by atoms with Crippen molar-refractivity contribution in [3.05, 3.63) is 26.5 Å². The van der Waals surface area contributed by atoms with E-state index < -0.39 is 11.1 Å². The summed E-state index contributed by atoms with van der Waals surface area (Å²) in [6.45, 7) is 1.38. The van der Waals surface area contributed by atoms with Crippen LogP contribution in [0.15, 0.2) is 15.9 Å². The minimum Gasteiger partial charge on any atom is -0.240 e. The number of hydrogen-bond donors (Lipinski definition) is 0. The predicted octanol–water partition coefficient (Wildman–Crippen LogP) is 4.96. The lowest BCUT2D eigenvalue weighted by Crippen LogP contribution is -2.03. The average molecular weight is 328 g/mol. The maximum Gasteiger partial charge on any atom is 0.427 e. The van der Waals surface area contributed by atoms with Gasteiger partial charge in [0.25, 0.3) is 0 Å². The zero-order chi connectivity index (χ0) is 11.9. The second-order valence-corrected chi connectivity index (χ2v) is 6.50. The summed E-state index contributed by atoms with van der Waals surface area (Å²) < 4.78 is 38.5. The first-order valence-corrected chi connectivity index (χ1v) is 6.61. The molecule has 0 bridgehead atoms. The van der Waals surface area contributed by atoms with Crippen LogP contribution >= 0.6 is 38.6 Å². The van der Waals surface area contributed by atoms with Crippen molar-refractivity contribution in [2.75, 3.05) is 0 Å². The van der Waals surface area contributed by atoms with Crippen LogP contribution in [-0.4, -0.2) is 4.98 Å². The van der Waals surface area contributed by atoms with Gasteiger partial charge in [0.05, 0.1) is 14.4 Å². The Bertz CT molecular complexity index is 515. The monoisotopic (exact) mass is 327 g/mol. The third-order valence-corrected chi connectivity index (χ3v) is 4.83. The molecule has 86 valence electrons. The number of thiazole rings is 1. The highest BCUT2D eigenvalue weighted by molar-refractivity contribution is 9.11. The molecule has 0 saturated carbocycles. The van der Waals surface area contributed by atoms with E-state index >= 15 is 0 Å². The molecule has 0 aliphatic carbocycles. The first-order valence-electron chi connectivity index (χ1n) is 4.18. The summed E-state index contributed by atoms with van der Waals surface area (Å²) in [7, 11) is 0. The lowest BCUT2D eigenvalue weighted by Gasteiger charge is -2.01. The number of alkyl halides is 3. The topological polar surface area (TPSA) is 12.9 Å². The van der Waals surface area contributed by atoms with Crippen LogP contribution in [0.2, 0.25) is 0 Å². The smallest absolute Gasteiger partial charge is 0.240 e. The molecular formula is C9H5BrF3NS2. The first-order chi connectivity index (χ1) is 7.38. The Hall–Kier alpha value is -0.400. The Morgan fingerprint density at radius 1 is 1.25 bits per heavy atom. The predicted molar refractivity (Wildman–Crippen MR) is 62.9 cm³/mol. The summed E-state index contributed by atoms with van der Waals surface area (Å²) in [6.07, 6.45) is -4.31. The number of aromatic nitrogens is 1. The number of hydrogen-bond acceptors (Lipinski definition) is 3. The molecule has 0 amide bonds. The van der Waals surface area contributed by atoms with Gasteiger partial charge in [0.1, 0.15) is 9.88 Å². The number of aryl methyl sites for hydroxylation is 1. The third kappa shape index (κ3) is 2.31. The van der Waals surface area contributed by atoms with Crippen molar-refractivity contribution in [3.63, 3.8) is 0 Å². The van der Waals surface area contributed by atoms with Crippen molar-refractivity contribution in [1.82, 2.24) is 4.98 Å². The summed E-state index contributed by atoms with van der Waals surface area (Å²) >= 11 is 5.32. The second-order valence-electron chi connectivity index (χ2n) is 3.04. The summed E-state index contributed by atoms with van der Waals surface area (Å²) in [5, 5.41) is 0.417. The summed E-state index contributed by atoms with van der Waals surface area (Å²) in [5.74, 6) is 0. The van der Waals surface area contributed by atoms with E-state index in [-0.39, 0.29) is 5.69 Å². The fourth-order valence-corrected chi connectivity index (χ4v) is 3.57. The van der Waals surface area contributed by atoms with Crippen LogP contribution in [0.25, 0.3) is 9.88 Å². The average Bonchev–Trinajstić information content (AvgIpc) is 2.70.